The minimum atomic E-state index is -0.0945. The molecule has 176 valence electrons. The second kappa shape index (κ2) is 8.76. The van der Waals surface area contributed by atoms with Gasteiger partial charge in [-0.2, -0.15) is 5.10 Å². The van der Waals surface area contributed by atoms with E-state index in [1.165, 1.54) is 57.8 Å². The number of aromatic nitrogens is 4. The molecular weight excluding hydrogens is 426 g/mol. The van der Waals surface area contributed by atoms with E-state index in [-0.39, 0.29) is 5.91 Å². The van der Waals surface area contributed by atoms with Crippen molar-refractivity contribution in [1.29, 1.82) is 0 Å². The minimum absolute atomic E-state index is 0.0945. The zero-order valence-electron chi connectivity index (χ0n) is 19.6. The summed E-state index contributed by atoms with van der Waals surface area (Å²) in [5.41, 5.74) is 5.60. The van der Waals surface area contributed by atoms with E-state index in [1.807, 2.05) is 18.2 Å². The molecule has 0 unspecified atom stereocenters. The van der Waals surface area contributed by atoms with E-state index in [2.05, 4.69) is 48.5 Å². The molecule has 34 heavy (non-hydrogen) atoms. The van der Waals surface area contributed by atoms with Gasteiger partial charge < -0.3 is 20.1 Å². The molecule has 0 bridgehead atoms. The van der Waals surface area contributed by atoms with Gasteiger partial charge in [0.25, 0.3) is 0 Å². The van der Waals surface area contributed by atoms with Crippen molar-refractivity contribution in [3.63, 3.8) is 0 Å². The predicted octanol–water partition coefficient (Wildman–Crippen LogP) is 4.52. The number of rotatable bonds is 4. The van der Waals surface area contributed by atoms with E-state index < -0.39 is 0 Å². The third kappa shape index (κ3) is 4.03. The van der Waals surface area contributed by atoms with Crippen LogP contribution in [0.4, 0.5) is 11.4 Å². The SMILES string of the molecule is CC(=O)Nc1ccc2c(-c3nc4ccc(N5CCC(N6CCCCC6)CC5)cc4[nH]3)n[nH]c2c1. The van der Waals surface area contributed by atoms with Crippen molar-refractivity contribution < 1.29 is 4.79 Å². The van der Waals surface area contributed by atoms with E-state index in [0.717, 1.165) is 58.3 Å². The highest BCUT2D eigenvalue weighted by Gasteiger charge is 2.26. The van der Waals surface area contributed by atoms with Crippen LogP contribution in [0.15, 0.2) is 36.4 Å². The first kappa shape index (κ1) is 21.2. The number of imidazole rings is 1. The van der Waals surface area contributed by atoms with Crippen LogP contribution in [0.2, 0.25) is 0 Å². The number of hydrogen-bond acceptors (Lipinski definition) is 5. The molecule has 8 heteroatoms. The average Bonchev–Trinajstić information content (AvgIpc) is 3.47. The number of likely N-dealkylation sites (tertiary alicyclic amines) is 1. The minimum Gasteiger partial charge on any atom is -0.371 e. The Morgan fingerprint density at radius 1 is 1.00 bits per heavy atom. The maximum Gasteiger partial charge on any atom is 0.221 e. The molecule has 0 saturated carbocycles. The average molecular weight is 458 g/mol. The summed E-state index contributed by atoms with van der Waals surface area (Å²) in [5, 5.41) is 11.3. The van der Waals surface area contributed by atoms with Crippen molar-refractivity contribution in [3.05, 3.63) is 36.4 Å². The molecule has 2 aromatic carbocycles. The molecule has 2 aromatic heterocycles. The largest absolute Gasteiger partial charge is 0.371 e. The first-order chi connectivity index (χ1) is 16.6. The summed E-state index contributed by atoms with van der Waals surface area (Å²) < 4.78 is 0. The van der Waals surface area contributed by atoms with Crippen LogP contribution < -0.4 is 10.2 Å². The fourth-order valence-corrected chi connectivity index (χ4v) is 5.56. The first-order valence-electron chi connectivity index (χ1n) is 12.4. The predicted molar refractivity (Wildman–Crippen MR) is 136 cm³/mol. The standard InChI is InChI=1S/C26H31N7O/c1-17(34)27-18-5-7-21-23(15-18)30-31-25(21)26-28-22-8-6-20(16-24(22)29-26)33-13-9-19(10-14-33)32-11-3-2-4-12-32/h5-8,15-16,19H,2-4,9-14H2,1H3,(H,27,34)(H,28,29)(H,30,31). The van der Waals surface area contributed by atoms with E-state index in [0.29, 0.717) is 0 Å². The second-order valence-corrected chi connectivity index (χ2v) is 9.62. The van der Waals surface area contributed by atoms with Gasteiger partial charge in [0.15, 0.2) is 5.82 Å². The molecule has 2 fully saturated rings. The lowest BCUT2D eigenvalue weighted by Crippen LogP contribution is -2.46. The molecule has 0 atom stereocenters. The van der Waals surface area contributed by atoms with Crippen molar-refractivity contribution in [2.45, 2.75) is 45.1 Å². The molecule has 0 aliphatic carbocycles. The fourth-order valence-electron chi connectivity index (χ4n) is 5.56. The maximum atomic E-state index is 11.3. The molecular formula is C26H31N7O. The highest BCUT2D eigenvalue weighted by atomic mass is 16.1. The van der Waals surface area contributed by atoms with Gasteiger partial charge in [-0.1, -0.05) is 6.42 Å². The van der Waals surface area contributed by atoms with Gasteiger partial charge in [0.05, 0.1) is 16.6 Å². The Hall–Kier alpha value is -3.39. The molecule has 0 spiro atoms. The number of aromatic amines is 2. The monoisotopic (exact) mass is 457 g/mol. The summed E-state index contributed by atoms with van der Waals surface area (Å²) >= 11 is 0. The molecule has 0 radical (unpaired) electrons. The molecule has 8 nitrogen and oxygen atoms in total. The number of nitrogens with zero attached hydrogens (tertiary/aromatic N) is 4. The number of H-pyrrole nitrogens is 2. The van der Waals surface area contributed by atoms with Gasteiger partial charge in [-0.05, 0) is 75.2 Å². The Labute approximate surface area is 198 Å². The van der Waals surface area contributed by atoms with Gasteiger partial charge in [0, 0.05) is 42.8 Å². The molecule has 2 aliphatic rings. The highest BCUT2D eigenvalue weighted by Crippen LogP contribution is 2.30. The molecule has 4 aromatic rings. The number of anilines is 2. The smallest absolute Gasteiger partial charge is 0.221 e. The van der Waals surface area contributed by atoms with Gasteiger partial charge >= 0.3 is 0 Å². The van der Waals surface area contributed by atoms with Crippen LogP contribution in [-0.2, 0) is 4.79 Å². The number of nitrogens with one attached hydrogen (secondary N) is 3. The highest BCUT2D eigenvalue weighted by molar-refractivity contribution is 5.97. The summed E-state index contributed by atoms with van der Waals surface area (Å²) in [6.45, 7) is 6.28. The lowest BCUT2D eigenvalue weighted by atomic mass is 9.99. The zero-order chi connectivity index (χ0) is 23.1. The van der Waals surface area contributed by atoms with Crippen molar-refractivity contribution in [1.82, 2.24) is 25.1 Å². The van der Waals surface area contributed by atoms with Crippen LogP contribution >= 0.6 is 0 Å². The van der Waals surface area contributed by atoms with Gasteiger partial charge in [-0.3, -0.25) is 9.89 Å². The van der Waals surface area contributed by atoms with Crippen LogP contribution in [0.1, 0.15) is 39.0 Å². The van der Waals surface area contributed by atoms with Crippen molar-refractivity contribution >= 4 is 39.2 Å². The Balaban J connectivity index is 1.21. The van der Waals surface area contributed by atoms with Crippen molar-refractivity contribution in [3.8, 4) is 11.5 Å². The summed E-state index contributed by atoms with van der Waals surface area (Å²) in [4.78, 5) is 24.9. The summed E-state index contributed by atoms with van der Waals surface area (Å²) in [7, 11) is 0. The maximum absolute atomic E-state index is 11.3. The normalized spacial score (nSPS) is 18.1. The Bertz CT molecular complexity index is 1330. The number of amides is 1. The third-order valence-corrected chi connectivity index (χ3v) is 7.31. The molecule has 3 N–H and O–H groups in total. The lowest BCUT2D eigenvalue weighted by molar-refractivity contribution is -0.114. The van der Waals surface area contributed by atoms with Crippen LogP contribution in [0.3, 0.4) is 0 Å². The van der Waals surface area contributed by atoms with Crippen LogP contribution in [0.5, 0.6) is 0 Å². The number of piperidine rings is 2. The Morgan fingerprint density at radius 2 is 1.82 bits per heavy atom. The summed E-state index contributed by atoms with van der Waals surface area (Å²) in [5.74, 6) is 0.650. The van der Waals surface area contributed by atoms with E-state index in [9.17, 15) is 4.79 Å². The number of carbonyl (C=O) groups is 1. The molecule has 2 aliphatic heterocycles. The summed E-state index contributed by atoms with van der Waals surface area (Å²) in [6, 6.07) is 13.0. The van der Waals surface area contributed by atoms with E-state index in [1.54, 1.807) is 0 Å². The molecule has 4 heterocycles. The van der Waals surface area contributed by atoms with Gasteiger partial charge in [-0.15, -0.1) is 0 Å². The number of hydrogen-bond donors (Lipinski definition) is 3. The van der Waals surface area contributed by atoms with Gasteiger partial charge in [-0.25, -0.2) is 4.98 Å². The number of benzene rings is 2. The van der Waals surface area contributed by atoms with Gasteiger partial charge in [0.2, 0.25) is 5.91 Å². The molecule has 6 rings (SSSR count). The zero-order valence-corrected chi connectivity index (χ0v) is 19.6. The second-order valence-electron chi connectivity index (χ2n) is 9.62. The topological polar surface area (TPSA) is 92.9 Å². The first-order valence-corrected chi connectivity index (χ1v) is 12.4. The van der Waals surface area contributed by atoms with Gasteiger partial charge in [0.1, 0.15) is 5.69 Å². The fraction of sp³-hybridized carbons (Fsp3) is 0.423. The molecule has 1 amide bonds. The molecule has 2 saturated heterocycles. The Kier molecular flexibility index (Phi) is 5.45. The number of fused-ring (bicyclic) bond motifs is 2. The van der Waals surface area contributed by atoms with E-state index >= 15 is 0 Å². The van der Waals surface area contributed by atoms with Crippen LogP contribution in [0, 0.1) is 0 Å². The Morgan fingerprint density at radius 3 is 2.62 bits per heavy atom. The lowest BCUT2D eigenvalue weighted by Gasteiger charge is -2.41. The van der Waals surface area contributed by atoms with Crippen LogP contribution in [0.25, 0.3) is 33.5 Å². The van der Waals surface area contributed by atoms with Crippen LogP contribution in [-0.4, -0.2) is 63.2 Å². The summed E-state index contributed by atoms with van der Waals surface area (Å²) in [6.07, 6.45) is 6.60. The van der Waals surface area contributed by atoms with Crippen molar-refractivity contribution in [2.24, 2.45) is 0 Å². The third-order valence-electron chi connectivity index (χ3n) is 7.31. The van der Waals surface area contributed by atoms with E-state index in [4.69, 9.17) is 4.98 Å². The van der Waals surface area contributed by atoms with Crippen molar-refractivity contribution in [2.75, 3.05) is 36.4 Å². The number of carbonyl (C=O) groups excluding carboxylic acids is 1. The quantitative estimate of drug-likeness (QED) is 0.419.